The Morgan fingerprint density at radius 2 is 0.896 bits per heavy atom. The molecule has 322 valence electrons. The average molecular weight is 897 g/mol. The number of hydrogen-bond acceptors (Lipinski definition) is 4. The molecule has 2 aliphatic heterocycles. The fourth-order valence-corrected chi connectivity index (χ4v) is 13.0. The number of nitrogens with zero attached hydrogens (tertiary/aromatic N) is 2. The zero-order chi connectivity index (χ0) is 45.6. The highest BCUT2D eigenvalue weighted by Gasteiger charge is 2.38. The molecule has 4 heteroatoms. The van der Waals surface area contributed by atoms with Gasteiger partial charge in [0.1, 0.15) is 5.70 Å². The summed E-state index contributed by atoms with van der Waals surface area (Å²) in [6, 6.07) is 62.9. The van der Waals surface area contributed by atoms with Crippen LogP contribution in [-0.2, 0) is 10.8 Å². The van der Waals surface area contributed by atoms with Crippen LogP contribution in [0.15, 0.2) is 207 Å². The van der Waals surface area contributed by atoms with Gasteiger partial charge in [0.15, 0.2) is 0 Å². The zero-order valence-corrected chi connectivity index (χ0v) is 39.9. The molecule has 67 heavy (non-hydrogen) atoms. The highest BCUT2D eigenvalue weighted by Crippen LogP contribution is 2.55. The number of thioether (sulfide) groups is 1. The molecule has 0 bridgehead atoms. The molecule has 8 aromatic rings. The Morgan fingerprint density at radius 3 is 1.45 bits per heavy atom. The average Bonchev–Trinajstić information content (AvgIpc) is 3.72. The molecular weight excluding hydrogens is 849 g/mol. The number of allylic oxidation sites excluding steroid dienone is 3. The topological polar surface area (TPSA) is 6.48 Å². The first-order valence-electron chi connectivity index (χ1n) is 23.1. The standard InChI is InChI=1S/C63H48N2S2/c1-7-15-58-54(8-2)64(55-16-9-12-19-59(55)66-58)44-29-26-42(27-30-44)43-28-34-48-46-32-24-40(36-50(46)62(3,4)52(48)38-43)22-23-41-25-33-47-49-35-31-45(39-53(49)63(5,6)51(47)37-41)65-56-17-10-13-20-60(56)67-61-21-14-11-18-57(61)65/h2,7,9-39H,1,3-6H3. The highest BCUT2D eigenvalue weighted by molar-refractivity contribution is 8.03. The summed E-state index contributed by atoms with van der Waals surface area (Å²) in [4.78, 5) is 9.48. The van der Waals surface area contributed by atoms with E-state index >= 15 is 0 Å². The molecule has 2 aliphatic carbocycles. The number of fused-ring (bicyclic) bond motifs is 9. The van der Waals surface area contributed by atoms with E-state index in [0.717, 1.165) is 22.0 Å². The molecule has 0 fully saturated rings. The van der Waals surface area contributed by atoms with E-state index in [-0.39, 0.29) is 10.8 Å². The van der Waals surface area contributed by atoms with Crippen molar-refractivity contribution in [3.63, 3.8) is 0 Å². The maximum Gasteiger partial charge on any atom is 0.111 e. The maximum atomic E-state index is 6.18. The Balaban J connectivity index is 0.804. The highest BCUT2D eigenvalue weighted by atomic mass is 32.2. The van der Waals surface area contributed by atoms with Gasteiger partial charge in [0, 0.05) is 41.8 Å². The van der Waals surface area contributed by atoms with Crippen molar-refractivity contribution in [1.82, 2.24) is 0 Å². The predicted molar refractivity (Wildman–Crippen MR) is 286 cm³/mol. The van der Waals surface area contributed by atoms with E-state index in [2.05, 4.69) is 238 Å². The van der Waals surface area contributed by atoms with Crippen molar-refractivity contribution in [2.24, 2.45) is 0 Å². The summed E-state index contributed by atoms with van der Waals surface area (Å²) in [6.45, 7) is 11.5. The van der Waals surface area contributed by atoms with Gasteiger partial charge in [0.2, 0.25) is 0 Å². The van der Waals surface area contributed by atoms with Crippen molar-refractivity contribution in [2.45, 2.75) is 60.1 Å². The Bertz CT molecular complexity index is 3460. The Kier molecular flexibility index (Phi) is 9.70. The minimum Gasteiger partial charge on any atom is -0.308 e. The minimum absolute atomic E-state index is 0.157. The summed E-state index contributed by atoms with van der Waals surface area (Å²) in [5.74, 6) is 3.00. The van der Waals surface area contributed by atoms with Crippen LogP contribution in [0.2, 0.25) is 0 Å². The van der Waals surface area contributed by atoms with Gasteiger partial charge in [-0.15, -0.1) is 6.42 Å². The number of para-hydroxylation sites is 3. The van der Waals surface area contributed by atoms with Gasteiger partial charge in [-0.2, -0.15) is 0 Å². The molecule has 0 saturated carbocycles. The van der Waals surface area contributed by atoms with Gasteiger partial charge in [-0.3, -0.25) is 0 Å². The van der Waals surface area contributed by atoms with Crippen molar-refractivity contribution < 1.29 is 0 Å². The van der Waals surface area contributed by atoms with Crippen molar-refractivity contribution in [3.8, 4) is 45.7 Å². The first-order chi connectivity index (χ1) is 32.6. The van der Waals surface area contributed by atoms with Gasteiger partial charge in [0.05, 0.1) is 17.1 Å². The van der Waals surface area contributed by atoms with Gasteiger partial charge in [0.25, 0.3) is 0 Å². The Hall–Kier alpha value is -7.16. The third-order valence-corrected chi connectivity index (χ3v) is 16.5. The van der Waals surface area contributed by atoms with Crippen LogP contribution in [0.4, 0.5) is 28.4 Å². The van der Waals surface area contributed by atoms with Crippen molar-refractivity contribution in [2.75, 3.05) is 9.80 Å². The molecule has 0 N–H and O–H groups in total. The van der Waals surface area contributed by atoms with Crippen LogP contribution < -0.4 is 9.80 Å². The summed E-state index contributed by atoms with van der Waals surface area (Å²) in [7, 11) is 0. The van der Waals surface area contributed by atoms with Crippen LogP contribution in [-0.4, -0.2) is 0 Å². The first-order valence-corrected chi connectivity index (χ1v) is 24.7. The van der Waals surface area contributed by atoms with E-state index in [4.69, 9.17) is 6.42 Å². The third-order valence-electron chi connectivity index (χ3n) is 14.2. The third kappa shape index (κ3) is 6.59. The smallest absolute Gasteiger partial charge is 0.111 e. The summed E-state index contributed by atoms with van der Waals surface area (Å²) in [5.41, 5.74) is 21.9. The first kappa shape index (κ1) is 41.3. The molecule has 0 spiro atoms. The molecule has 0 atom stereocenters. The van der Waals surface area contributed by atoms with Crippen molar-refractivity contribution in [3.05, 3.63) is 226 Å². The maximum absolute atomic E-state index is 6.18. The lowest BCUT2D eigenvalue weighted by Crippen LogP contribution is -2.20. The second-order valence-electron chi connectivity index (χ2n) is 18.9. The van der Waals surface area contributed by atoms with Crippen LogP contribution in [0.25, 0.3) is 45.5 Å². The quantitative estimate of drug-likeness (QED) is 0.121. The number of benzene rings is 8. The monoisotopic (exact) mass is 896 g/mol. The van der Waals surface area contributed by atoms with E-state index in [1.54, 1.807) is 11.8 Å². The molecule has 8 aromatic carbocycles. The van der Waals surface area contributed by atoms with Gasteiger partial charge in [-0.1, -0.05) is 178 Å². The lowest BCUT2D eigenvalue weighted by Gasteiger charge is -2.33. The van der Waals surface area contributed by atoms with E-state index in [1.807, 2.05) is 18.7 Å². The normalized spacial score (nSPS) is 15.7. The number of terminal acetylenes is 1. The number of anilines is 5. The fourth-order valence-electron chi connectivity index (χ4n) is 10.8. The van der Waals surface area contributed by atoms with Crippen molar-refractivity contribution >= 4 is 64.1 Å². The second kappa shape index (κ2) is 15.7. The molecule has 0 aromatic heterocycles. The van der Waals surface area contributed by atoms with E-state index in [9.17, 15) is 0 Å². The fraction of sp³-hybridized carbons (Fsp3) is 0.111. The van der Waals surface area contributed by atoms with Gasteiger partial charge < -0.3 is 9.80 Å². The summed E-state index contributed by atoms with van der Waals surface area (Å²) in [5, 5.41) is 0. The van der Waals surface area contributed by atoms with Crippen LogP contribution in [0.5, 0.6) is 0 Å². The lowest BCUT2D eigenvalue weighted by atomic mass is 9.81. The van der Waals surface area contributed by atoms with Crippen LogP contribution in [0.1, 0.15) is 68.0 Å². The van der Waals surface area contributed by atoms with E-state index < -0.39 is 0 Å². The summed E-state index contributed by atoms with van der Waals surface area (Å²) < 4.78 is 0. The van der Waals surface area contributed by atoms with Crippen LogP contribution in [0, 0.1) is 12.3 Å². The van der Waals surface area contributed by atoms with Crippen LogP contribution in [0.3, 0.4) is 0 Å². The van der Waals surface area contributed by atoms with Crippen molar-refractivity contribution in [1.29, 1.82) is 0 Å². The Morgan fingerprint density at radius 1 is 0.448 bits per heavy atom. The molecule has 0 amide bonds. The predicted octanol–water partition coefficient (Wildman–Crippen LogP) is 17.7. The van der Waals surface area contributed by atoms with Gasteiger partial charge in [-0.25, -0.2) is 0 Å². The molecule has 2 heterocycles. The second-order valence-corrected chi connectivity index (χ2v) is 21.0. The summed E-state index contributed by atoms with van der Waals surface area (Å²) >= 11 is 3.58. The van der Waals surface area contributed by atoms with E-state index in [1.165, 1.54) is 98.5 Å². The van der Waals surface area contributed by atoms with Gasteiger partial charge >= 0.3 is 0 Å². The molecule has 12 rings (SSSR count). The number of rotatable bonds is 6. The molecule has 0 saturated heterocycles. The SMILES string of the molecule is C#CC1=C(C=CC)Sc2ccccc2N1c1ccc(-c2ccc3c(c2)C(C)(C)c2cc(C=Cc4ccc5c(c4)C(C)(C)c4cc(N6c7ccccc7Sc7ccccc76)ccc4-5)ccc2-3)cc1. The molecule has 2 nitrogen and oxygen atoms in total. The van der Waals surface area contributed by atoms with Crippen LogP contribution >= 0.6 is 23.5 Å². The lowest BCUT2D eigenvalue weighted by molar-refractivity contribution is 0.660. The molecular formula is C63H48N2S2. The summed E-state index contributed by atoms with van der Waals surface area (Å²) in [6.07, 6.45) is 14.9. The zero-order valence-electron chi connectivity index (χ0n) is 38.3. The molecule has 0 unspecified atom stereocenters. The Labute approximate surface area is 403 Å². The van der Waals surface area contributed by atoms with Gasteiger partial charge in [-0.05, 0) is 146 Å². The van der Waals surface area contributed by atoms with E-state index in [0.29, 0.717) is 0 Å². The minimum atomic E-state index is -0.158. The molecule has 4 aliphatic rings. The number of hydrogen-bond donors (Lipinski definition) is 0. The molecule has 0 radical (unpaired) electrons. The largest absolute Gasteiger partial charge is 0.308 e.